The smallest absolute Gasteiger partial charge is 0.211 e. The largest absolute Gasteiger partial charge is 0.329 e. The topological polar surface area (TPSA) is 42.0 Å². The van der Waals surface area contributed by atoms with Crippen LogP contribution in [0, 0.1) is 12.8 Å². The molecule has 0 atom stereocenters. The average molecular weight is 284 g/mol. The molecule has 0 saturated heterocycles. The predicted molar refractivity (Wildman–Crippen MR) is 89.2 cm³/mol. The number of pyridine rings is 1. The number of amides is 1. The van der Waals surface area contributed by atoms with Crippen LogP contribution in [0.1, 0.15) is 33.2 Å². The highest BCUT2D eigenvalue weighted by atomic mass is 16.1. The average Bonchev–Trinajstić information content (AvgIpc) is 2.49. The minimum Gasteiger partial charge on any atom is -0.329 e. The highest BCUT2D eigenvalue weighted by Gasteiger charge is 2.09. The van der Waals surface area contributed by atoms with Crippen LogP contribution in [0.5, 0.6) is 0 Å². The summed E-state index contributed by atoms with van der Waals surface area (Å²) in [7, 11) is 0. The summed E-state index contributed by atoms with van der Waals surface area (Å²) in [5.41, 5.74) is 3.86. The first-order valence-corrected chi connectivity index (χ1v) is 7.43. The summed E-state index contributed by atoms with van der Waals surface area (Å²) >= 11 is 0. The lowest BCUT2D eigenvalue weighted by atomic mass is 9.88. The van der Waals surface area contributed by atoms with Gasteiger partial charge in [-0.1, -0.05) is 38.3 Å². The number of carbonyl (C=O) groups is 1. The Kier molecular flexibility index (Phi) is 5.50. The molecule has 112 valence electrons. The number of anilines is 1. The first-order chi connectivity index (χ1) is 10.2. The molecule has 0 unspecified atom stereocenters. The van der Waals surface area contributed by atoms with Crippen LogP contribution in [-0.4, -0.2) is 11.4 Å². The Balaban J connectivity index is 0.000000344. The quantitative estimate of drug-likeness (QED) is 0.832. The van der Waals surface area contributed by atoms with Gasteiger partial charge < -0.3 is 5.32 Å². The zero-order valence-corrected chi connectivity index (χ0v) is 12.7. The van der Waals surface area contributed by atoms with Crippen molar-refractivity contribution in [3.05, 3.63) is 48.2 Å². The summed E-state index contributed by atoms with van der Waals surface area (Å²) in [6.07, 6.45) is 6.89. The monoisotopic (exact) mass is 284 g/mol. The number of nitrogens with zero attached hydrogens (tertiary/aromatic N) is 1. The van der Waals surface area contributed by atoms with E-state index in [4.69, 9.17) is 0 Å². The number of hydrogen-bond acceptors (Lipinski definition) is 2. The minimum absolute atomic E-state index is 0. The highest BCUT2D eigenvalue weighted by Crippen LogP contribution is 2.25. The van der Waals surface area contributed by atoms with Crippen LogP contribution < -0.4 is 5.32 Å². The normalized spacial score (nSPS) is 13.6. The summed E-state index contributed by atoms with van der Waals surface area (Å²) < 4.78 is 0. The van der Waals surface area contributed by atoms with Gasteiger partial charge in [0.1, 0.15) is 0 Å². The van der Waals surface area contributed by atoms with Gasteiger partial charge in [-0.15, -0.1) is 0 Å². The molecular formula is C18H24N2O. The number of aryl methyl sites for hydroxylation is 1. The first kappa shape index (κ1) is 15.2. The summed E-state index contributed by atoms with van der Waals surface area (Å²) in [6.45, 7) is 4.33. The van der Waals surface area contributed by atoms with Crippen molar-refractivity contribution in [3.63, 3.8) is 0 Å². The van der Waals surface area contributed by atoms with Gasteiger partial charge in [-0.3, -0.25) is 9.78 Å². The number of hydrogen-bond donors (Lipinski definition) is 1. The molecule has 1 aliphatic rings. The number of carbonyl (C=O) groups excluding carboxylic acids is 1. The molecular weight excluding hydrogens is 260 g/mol. The molecule has 2 aromatic rings. The van der Waals surface area contributed by atoms with Crippen molar-refractivity contribution >= 4 is 12.1 Å². The number of rotatable bonds is 3. The van der Waals surface area contributed by atoms with Crippen LogP contribution in [0.15, 0.2) is 42.6 Å². The third-order valence-electron chi connectivity index (χ3n) is 3.80. The third kappa shape index (κ3) is 4.42. The second kappa shape index (κ2) is 7.58. The van der Waals surface area contributed by atoms with Gasteiger partial charge in [-0.05, 0) is 42.7 Å². The standard InChI is InChI=1S/C13H12N2O.C5H10.H2/c1-10-5-6-11(15-9-16)8-12(10)13-4-2-3-7-14-13;1-5-3-2-4-5;/h2-9H,1H3,(H,15,16);5H,2-4H2,1H3;1H. The molecule has 3 heteroatoms. The Hall–Kier alpha value is -2.16. The zero-order chi connectivity index (χ0) is 15.1. The fraction of sp³-hybridized carbons (Fsp3) is 0.333. The summed E-state index contributed by atoms with van der Waals surface area (Å²) in [5.74, 6) is 1.06. The van der Waals surface area contributed by atoms with Gasteiger partial charge in [0.05, 0.1) is 5.69 Å². The minimum atomic E-state index is 0. The fourth-order valence-electron chi connectivity index (χ4n) is 2.19. The Bertz CT molecular complexity index is 583. The van der Waals surface area contributed by atoms with E-state index in [1.165, 1.54) is 19.3 Å². The Morgan fingerprint density at radius 3 is 2.57 bits per heavy atom. The van der Waals surface area contributed by atoms with Crippen molar-refractivity contribution in [2.75, 3.05) is 5.32 Å². The van der Waals surface area contributed by atoms with E-state index in [1.54, 1.807) is 6.20 Å². The van der Waals surface area contributed by atoms with Gasteiger partial charge >= 0.3 is 0 Å². The van der Waals surface area contributed by atoms with E-state index in [-0.39, 0.29) is 1.43 Å². The van der Waals surface area contributed by atoms with E-state index >= 15 is 0 Å². The van der Waals surface area contributed by atoms with Gasteiger partial charge in [0.25, 0.3) is 0 Å². The van der Waals surface area contributed by atoms with Crippen molar-refractivity contribution in [2.24, 2.45) is 5.92 Å². The second-order valence-electron chi connectivity index (χ2n) is 5.54. The van der Waals surface area contributed by atoms with Crippen LogP contribution in [0.3, 0.4) is 0 Å². The Morgan fingerprint density at radius 1 is 1.29 bits per heavy atom. The van der Waals surface area contributed by atoms with Crippen LogP contribution in [0.25, 0.3) is 11.3 Å². The third-order valence-corrected chi connectivity index (χ3v) is 3.80. The molecule has 1 N–H and O–H groups in total. The van der Waals surface area contributed by atoms with Crippen LogP contribution in [0.2, 0.25) is 0 Å². The Labute approximate surface area is 127 Å². The van der Waals surface area contributed by atoms with Crippen molar-refractivity contribution < 1.29 is 6.22 Å². The molecule has 0 spiro atoms. The van der Waals surface area contributed by atoms with Crippen molar-refractivity contribution in [1.29, 1.82) is 0 Å². The molecule has 1 aromatic heterocycles. The molecule has 0 radical (unpaired) electrons. The maximum absolute atomic E-state index is 10.4. The van der Waals surface area contributed by atoms with E-state index in [9.17, 15) is 4.79 Å². The van der Waals surface area contributed by atoms with E-state index in [2.05, 4.69) is 17.2 Å². The SMILES string of the molecule is CC1CCC1.Cc1ccc(NC=O)cc1-c1ccccn1.[HH]. The summed E-state index contributed by atoms with van der Waals surface area (Å²) in [6, 6.07) is 11.5. The number of benzene rings is 1. The van der Waals surface area contributed by atoms with E-state index < -0.39 is 0 Å². The molecule has 3 rings (SSSR count). The predicted octanol–water partition coefficient (Wildman–Crippen LogP) is 4.68. The van der Waals surface area contributed by atoms with Gasteiger partial charge in [-0.25, -0.2) is 0 Å². The lowest BCUT2D eigenvalue weighted by Crippen LogP contribution is -2.04. The molecule has 0 aliphatic heterocycles. The lowest BCUT2D eigenvalue weighted by molar-refractivity contribution is -0.105. The molecule has 0 bridgehead atoms. The first-order valence-electron chi connectivity index (χ1n) is 7.43. The van der Waals surface area contributed by atoms with Crippen LogP contribution in [0.4, 0.5) is 5.69 Å². The maximum Gasteiger partial charge on any atom is 0.211 e. The molecule has 1 amide bonds. The lowest BCUT2D eigenvalue weighted by Gasteiger charge is -2.18. The van der Waals surface area contributed by atoms with Gasteiger partial charge in [0.15, 0.2) is 0 Å². The Morgan fingerprint density at radius 2 is 2.05 bits per heavy atom. The van der Waals surface area contributed by atoms with Crippen molar-refractivity contribution in [3.8, 4) is 11.3 Å². The van der Waals surface area contributed by atoms with Gasteiger partial charge in [0.2, 0.25) is 6.41 Å². The molecule has 1 aromatic carbocycles. The summed E-state index contributed by atoms with van der Waals surface area (Å²) in [4.78, 5) is 14.7. The van der Waals surface area contributed by atoms with Gasteiger partial charge in [-0.2, -0.15) is 0 Å². The fourth-order valence-corrected chi connectivity index (χ4v) is 2.19. The molecule has 3 nitrogen and oxygen atoms in total. The van der Waals surface area contributed by atoms with Crippen molar-refractivity contribution in [2.45, 2.75) is 33.1 Å². The maximum atomic E-state index is 10.4. The zero-order valence-electron chi connectivity index (χ0n) is 12.7. The van der Waals surface area contributed by atoms with E-state index in [0.29, 0.717) is 6.41 Å². The van der Waals surface area contributed by atoms with E-state index in [1.807, 2.05) is 43.3 Å². The van der Waals surface area contributed by atoms with Crippen LogP contribution in [-0.2, 0) is 4.79 Å². The highest BCUT2D eigenvalue weighted by molar-refractivity contribution is 5.76. The van der Waals surface area contributed by atoms with E-state index in [0.717, 1.165) is 28.4 Å². The molecule has 1 fully saturated rings. The molecule has 1 aliphatic carbocycles. The molecule has 1 heterocycles. The molecule has 1 saturated carbocycles. The summed E-state index contributed by atoms with van der Waals surface area (Å²) in [5, 5.41) is 2.64. The number of aromatic nitrogens is 1. The van der Waals surface area contributed by atoms with Gasteiger partial charge in [0, 0.05) is 18.9 Å². The molecule has 21 heavy (non-hydrogen) atoms. The second-order valence-corrected chi connectivity index (χ2v) is 5.54. The van der Waals surface area contributed by atoms with Crippen LogP contribution >= 0.6 is 0 Å². The number of nitrogens with one attached hydrogen (secondary N) is 1. The van der Waals surface area contributed by atoms with Crippen molar-refractivity contribution in [1.82, 2.24) is 4.98 Å².